The van der Waals surface area contributed by atoms with Crippen LogP contribution in [0.5, 0.6) is 5.75 Å². The van der Waals surface area contributed by atoms with Gasteiger partial charge in [0.25, 0.3) is 0 Å². The number of aryl methyl sites for hydroxylation is 1. The summed E-state index contributed by atoms with van der Waals surface area (Å²) in [5.74, 6) is 0.537. The topological polar surface area (TPSA) is 88.8 Å². The van der Waals surface area contributed by atoms with Crippen molar-refractivity contribution in [3.05, 3.63) is 76.7 Å². The van der Waals surface area contributed by atoms with E-state index in [1.807, 2.05) is 31.2 Å². The number of methoxy groups -OCH3 is 1. The Kier molecular flexibility index (Phi) is 5.87. The van der Waals surface area contributed by atoms with Crippen LogP contribution in [-0.2, 0) is 14.4 Å². The van der Waals surface area contributed by atoms with Crippen molar-refractivity contribution in [2.24, 2.45) is 5.16 Å². The minimum absolute atomic E-state index is 0.0296. The van der Waals surface area contributed by atoms with Gasteiger partial charge in [-0.25, -0.2) is 0 Å². The molecule has 2 aromatic carbocycles. The van der Waals surface area contributed by atoms with Crippen molar-refractivity contribution < 1.29 is 17.4 Å². The summed E-state index contributed by atoms with van der Waals surface area (Å²) in [6.45, 7) is 1.93. The van der Waals surface area contributed by atoms with E-state index in [0.717, 1.165) is 11.1 Å². The lowest BCUT2D eigenvalue weighted by atomic mass is 10.0. The lowest BCUT2D eigenvalue weighted by Gasteiger charge is -2.06. The summed E-state index contributed by atoms with van der Waals surface area (Å²) in [5, 5.41) is 13.6. The predicted octanol–water partition coefficient (Wildman–Crippen LogP) is 4.26. The van der Waals surface area contributed by atoms with Gasteiger partial charge < -0.3 is 4.74 Å². The summed E-state index contributed by atoms with van der Waals surface area (Å²) in [6, 6.07) is 15.6. The van der Waals surface area contributed by atoms with Crippen LogP contribution in [0.25, 0.3) is 5.57 Å². The average molecular weight is 412 g/mol. The standard InChI is InChI=1S/C20H16N2O4S2/c1-14-5-3-4-6-17(14)18(13-21)19-11-12-20(27-19)22-26-28(23,24)16-9-7-15(25-2)8-10-16/h3-12H,1-2H3. The van der Waals surface area contributed by atoms with Crippen LogP contribution in [-0.4, -0.2) is 20.6 Å². The van der Waals surface area contributed by atoms with Crippen molar-refractivity contribution in [1.82, 2.24) is 0 Å². The zero-order chi connectivity index (χ0) is 20.1. The van der Waals surface area contributed by atoms with Crippen LogP contribution < -0.4 is 4.74 Å². The van der Waals surface area contributed by atoms with E-state index in [2.05, 4.69) is 11.2 Å². The fourth-order valence-corrected chi connectivity index (χ4v) is 4.09. The van der Waals surface area contributed by atoms with E-state index in [-0.39, 0.29) is 4.90 Å². The molecule has 6 nitrogen and oxygen atoms in total. The third-order valence-electron chi connectivity index (χ3n) is 3.94. The van der Waals surface area contributed by atoms with Crippen molar-refractivity contribution in [1.29, 1.82) is 5.26 Å². The zero-order valence-corrected chi connectivity index (χ0v) is 16.8. The third-order valence-corrected chi connectivity index (χ3v) is 6.04. The molecule has 0 radical (unpaired) electrons. The highest BCUT2D eigenvalue weighted by molar-refractivity contribution is 8.18. The normalized spacial score (nSPS) is 16.7. The molecule has 0 saturated heterocycles. The number of nitrogens with zero attached hydrogens (tertiary/aromatic N) is 2. The van der Waals surface area contributed by atoms with Crippen LogP contribution in [0.15, 0.2) is 75.6 Å². The van der Waals surface area contributed by atoms with E-state index in [1.54, 1.807) is 12.2 Å². The first-order valence-corrected chi connectivity index (χ1v) is 10.4. The maximum absolute atomic E-state index is 12.3. The highest BCUT2D eigenvalue weighted by Crippen LogP contribution is 2.35. The Bertz CT molecular complexity index is 1130. The summed E-state index contributed by atoms with van der Waals surface area (Å²) in [5.41, 5.74) is 2.30. The largest absolute Gasteiger partial charge is 0.497 e. The summed E-state index contributed by atoms with van der Waals surface area (Å²) < 4.78 is 34.3. The van der Waals surface area contributed by atoms with Gasteiger partial charge in [0.1, 0.15) is 21.8 Å². The van der Waals surface area contributed by atoms with Gasteiger partial charge in [-0.05, 0) is 54.5 Å². The molecule has 0 saturated carbocycles. The van der Waals surface area contributed by atoms with E-state index < -0.39 is 10.1 Å². The number of hydrogen-bond acceptors (Lipinski definition) is 7. The summed E-state index contributed by atoms with van der Waals surface area (Å²) in [6.07, 6.45) is 3.33. The lowest BCUT2D eigenvalue weighted by Crippen LogP contribution is -2.03. The van der Waals surface area contributed by atoms with Crippen LogP contribution in [0.1, 0.15) is 11.1 Å². The number of nitriles is 1. The van der Waals surface area contributed by atoms with Crippen molar-refractivity contribution >= 4 is 32.5 Å². The van der Waals surface area contributed by atoms with E-state index in [9.17, 15) is 13.7 Å². The molecule has 2 aromatic rings. The highest BCUT2D eigenvalue weighted by Gasteiger charge is 2.20. The second-order valence-corrected chi connectivity index (χ2v) is 8.33. The van der Waals surface area contributed by atoms with Gasteiger partial charge in [-0.1, -0.05) is 41.2 Å². The Morgan fingerprint density at radius 3 is 2.46 bits per heavy atom. The summed E-state index contributed by atoms with van der Waals surface area (Å²) >= 11 is 1.18. The van der Waals surface area contributed by atoms with Gasteiger partial charge in [-0.3, -0.25) is 4.28 Å². The predicted molar refractivity (Wildman–Crippen MR) is 109 cm³/mol. The van der Waals surface area contributed by atoms with Gasteiger partial charge in [0.05, 0.1) is 12.7 Å². The molecular weight excluding hydrogens is 396 g/mol. The smallest absolute Gasteiger partial charge is 0.358 e. The number of allylic oxidation sites excluding steroid dienone is 2. The number of ether oxygens (including phenoxy) is 1. The first kappa shape index (κ1) is 19.7. The second kappa shape index (κ2) is 8.33. The SMILES string of the molecule is COc1ccc(S(=O)(=O)ON=C2C=CC(=C(C#N)c3ccccc3C)S2)cc1. The van der Waals surface area contributed by atoms with Gasteiger partial charge in [-0.2, -0.15) is 13.7 Å². The minimum atomic E-state index is -4.05. The molecule has 142 valence electrons. The molecule has 0 amide bonds. The fourth-order valence-electron chi connectivity index (χ4n) is 2.48. The van der Waals surface area contributed by atoms with Gasteiger partial charge in [-0.15, -0.1) is 0 Å². The Labute approximate surface area is 167 Å². The van der Waals surface area contributed by atoms with Crippen molar-refractivity contribution in [2.75, 3.05) is 7.11 Å². The highest BCUT2D eigenvalue weighted by atomic mass is 32.2. The number of benzene rings is 2. The van der Waals surface area contributed by atoms with Crippen LogP contribution in [0.4, 0.5) is 0 Å². The van der Waals surface area contributed by atoms with Crippen LogP contribution >= 0.6 is 11.8 Å². The van der Waals surface area contributed by atoms with Gasteiger partial charge >= 0.3 is 10.1 Å². The molecular formula is C20H16N2O4S2. The molecule has 28 heavy (non-hydrogen) atoms. The molecule has 0 atom stereocenters. The molecule has 1 aliphatic rings. The van der Waals surface area contributed by atoms with E-state index in [1.165, 1.54) is 43.1 Å². The number of thioether (sulfide) groups is 1. The molecule has 0 fully saturated rings. The Morgan fingerprint density at radius 2 is 1.82 bits per heavy atom. The number of rotatable bonds is 5. The molecule has 0 aliphatic carbocycles. The number of oxime groups is 1. The molecule has 0 aromatic heterocycles. The van der Waals surface area contributed by atoms with Gasteiger partial charge in [0.15, 0.2) is 0 Å². The molecule has 0 bridgehead atoms. The molecule has 3 rings (SSSR count). The lowest BCUT2D eigenvalue weighted by molar-refractivity contribution is 0.340. The van der Waals surface area contributed by atoms with E-state index in [4.69, 9.17) is 9.02 Å². The molecule has 1 heterocycles. The quantitative estimate of drug-likeness (QED) is 0.538. The molecule has 8 heteroatoms. The molecule has 0 N–H and O–H groups in total. The molecule has 1 aliphatic heterocycles. The van der Waals surface area contributed by atoms with Crippen LogP contribution in [0.2, 0.25) is 0 Å². The van der Waals surface area contributed by atoms with Crippen LogP contribution in [0.3, 0.4) is 0 Å². The summed E-state index contributed by atoms with van der Waals surface area (Å²) in [7, 11) is -2.55. The first-order chi connectivity index (χ1) is 13.4. The van der Waals surface area contributed by atoms with E-state index in [0.29, 0.717) is 21.3 Å². The molecule has 0 unspecified atom stereocenters. The van der Waals surface area contributed by atoms with E-state index >= 15 is 0 Å². The van der Waals surface area contributed by atoms with Gasteiger partial charge in [0.2, 0.25) is 0 Å². The fraction of sp³-hybridized carbons (Fsp3) is 0.100. The average Bonchev–Trinajstić information content (AvgIpc) is 3.17. The minimum Gasteiger partial charge on any atom is -0.497 e. The second-order valence-electron chi connectivity index (χ2n) is 5.74. The third kappa shape index (κ3) is 4.27. The Morgan fingerprint density at radius 1 is 1.11 bits per heavy atom. The van der Waals surface area contributed by atoms with Crippen molar-refractivity contribution in [3.63, 3.8) is 0 Å². The van der Waals surface area contributed by atoms with Crippen molar-refractivity contribution in [3.8, 4) is 11.8 Å². The maximum Gasteiger partial charge on any atom is 0.358 e. The monoisotopic (exact) mass is 412 g/mol. The van der Waals surface area contributed by atoms with Crippen molar-refractivity contribution in [2.45, 2.75) is 11.8 Å². The zero-order valence-electron chi connectivity index (χ0n) is 15.1. The van der Waals surface area contributed by atoms with Crippen LogP contribution in [0, 0.1) is 18.3 Å². The number of hydrogen-bond donors (Lipinski definition) is 0. The summed E-state index contributed by atoms with van der Waals surface area (Å²) in [4.78, 5) is 0.652. The maximum atomic E-state index is 12.3. The Balaban J connectivity index is 1.80. The van der Waals surface area contributed by atoms with Gasteiger partial charge in [0, 0.05) is 4.91 Å². The molecule has 0 spiro atoms. The first-order valence-electron chi connectivity index (χ1n) is 8.16. The Hall–Kier alpha value is -3.02.